The van der Waals surface area contributed by atoms with Gasteiger partial charge < -0.3 is 5.32 Å². The summed E-state index contributed by atoms with van der Waals surface area (Å²) in [5.74, 6) is 0. The highest BCUT2D eigenvalue weighted by atomic mass is 79.9. The van der Waals surface area contributed by atoms with Crippen molar-refractivity contribution in [1.29, 1.82) is 0 Å². The molecule has 1 heterocycles. The Balaban J connectivity index is 1.76. The van der Waals surface area contributed by atoms with E-state index in [2.05, 4.69) is 51.5 Å². The van der Waals surface area contributed by atoms with Crippen LogP contribution in [-0.2, 0) is 13.1 Å². The lowest BCUT2D eigenvalue weighted by molar-refractivity contribution is 0.555. The lowest BCUT2D eigenvalue weighted by atomic mass is 10.1. The van der Waals surface area contributed by atoms with E-state index in [4.69, 9.17) is 0 Å². The van der Waals surface area contributed by atoms with Crippen molar-refractivity contribution in [3.05, 3.63) is 52.3 Å². The first-order valence-electron chi connectivity index (χ1n) is 5.69. The average molecular weight is 294 g/mol. The van der Waals surface area contributed by atoms with Crippen LogP contribution >= 0.6 is 15.9 Å². The molecule has 17 heavy (non-hydrogen) atoms. The highest BCUT2D eigenvalue weighted by Gasteiger charge is 1.97. The van der Waals surface area contributed by atoms with Crippen molar-refractivity contribution in [2.24, 2.45) is 0 Å². The quantitative estimate of drug-likeness (QED) is 0.859. The highest BCUT2D eigenvalue weighted by Crippen LogP contribution is 2.17. The molecule has 0 bridgehead atoms. The van der Waals surface area contributed by atoms with Gasteiger partial charge in [-0.25, -0.2) is 0 Å². The van der Waals surface area contributed by atoms with Gasteiger partial charge in [-0.2, -0.15) is 5.10 Å². The van der Waals surface area contributed by atoms with Crippen LogP contribution in [0.1, 0.15) is 11.1 Å². The minimum Gasteiger partial charge on any atom is -0.311 e. The van der Waals surface area contributed by atoms with E-state index < -0.39 is 0 Å². The fraction of sp³-hybridized carbons (Fsp3) is 0.308. The lowest BCUT2D eigenvalue weighted by Crippen LogP contribution is -2.19. The van der Waals surface area contributed by atoms with E-state index in [1.807, 2.05) is 16.9 Å². The highest BCUT2D eigenvalue weighted by molar-refractivity contribution is 9.10. The second-order valence-electron chi connectivity index (χ2n) is 4.03. The van der Waals surface area contributed by atoms with Crippen LogP contribution in [0.15, 0.2) is 41.1 Å². The molecule has 2 aromatic rings. The van der Waals surface area contributed by atoms with Crippen LogP contribution in [0, 0.1) is 6.92 Å². The van der Waals surface area contributed by atoms with Gasteiger partial charge in [0.05, 0.1) is 6.54 Å². The molecule has 0 atom stereocenters. The number of nitrogens with zero attached hydrogens (tertiary/aromatic N) is 2. The Kier molecular flexibility index (Phi) is 4.34. The van der Waals surface area contributed by atoms with Gasteiger partial charge in [-0.15, -0.1) is 0 Å². The summed E-state index contributed by atoms with van der Waals surface area (Å²) in [6, 6.07) is 8.39. The molecule has 0 aliphatic rings. The number of rotatable bonds is 5. The van der Waals surface area contributed by atoms with Crippen molar-refractivity contribution in [2.75, 3.05) is 6.54 Å². The predicted molar refractivity (Wildman–Crippen MR) is 72.8 cm³/mol. The Morgan fingerprint density at radius 1 is 1.41 bits per heavy atom. The monoisotopic (exact) mass is 293 g/mol. The van der Waals surface area contributed by atoms with Crippen molar-refractivity contribution in [2.45, 2.75) is 20.0 Å². The molecule has 0 saturated carbocycles. The number of aromatic nitrogens is 2. The largest absolute Gasteiger partial charge is 0.311 e. The van der Waals surface area contributed by atoms with Crippen molar-refractivity contribution in [3.8, 4) is 0 Å². The second-order valence-corrected chi connectivity index (χ2v) is 4.88. The van der Waals surface area contributed by atoms with Crippen molar-refractivity contribution < 1.29 is 0 Å². The summed E-state index contributed by atoms with van der Waals surface area (Å²) in [6.45, 7) is 4.81. The maximum absolute atomic E-state index is 4.16. The Morgan fingerprint density at radius 2 is 2.29 bits per heavy atom. The first kappa shape index (κ1) is 12.3. The van der Waals surface area contributed by atoms with Crippen LogP contribution in [0.4, 0.5) is 0 Å². The molecule has 4 heteroatoms. The molecule has 0 fully saturated rings. The van der Waals surface area contributed by atoms with E-state index >= 15 is 0 Å². The van der Waals surface area contributed by atoms with Crippen LogP contribution in [0.2, 0.25) is 0 Å². The number of benzene rings is 1. The van der Waals surface area contributed by atoms with E-state index in [0.29, 0.717) is 0 Å². The molecule has 1 N–H and O–H groups in total. The molecule has 1 aromatic carbocycles. The van der Waals surface area contributed by atoms with Gasteiger partial charge in [-0.05, 0) is 30.2 Å². The maximum atomic E-state index is 4.16. The summed E-state index contributed by atoms with van der Waals surface area (Å²) in [4.78, 5) is 0. The summed E-state index contributed by atoms with van der Waals surface area (Å²) < 4.78 is 3.10. The summed E-state index contributed by atoms with van der Waals surface area (Å²) in [7, 11) is 0. The number of aryl methyl sites for hydroxylation is 1. The third-order valence-corrected chi connectivity index (χ3v) is 3.50. The molecule has 0 aliphatic carbocycles. The molecule has 3 nitrogen and oxygen atoms in total. The first-order valence-corrected chi connectivity index (χ1v) is 6.48. The van der Waals surface area contributed by atoms with E-state index in [1.54, 1.807) is 6.20 Å². The number of halogens is 1. The number of hydrogen-bond acceptors (Lipinski definition) is 2. The summed E-state index contributed by atoms with van der Waals surface area (Å²) in [6.07, 6.45) is 3.78. The fourth-order valence-electron chi connectivity index (χ4n) is 1.61. The zero-order valence-electron chi connectivity index (χ0n) is 9.86. The molecule has 0 spiro atoms. The molecular formula is C13H16BrN3. The molecular weight excluding hydrogens is 278 g/mol. The van der Waals surface area contributed by atoms with Gasteiger partial charge in [0, 0.05) is 30.0 Å². The number of hydrogen-bond donors (Lipinski definition) is 1. The Labute approximate surface area is 110 Å². The third-order valence-electron chi connectivity index (χ3n) is 2.64. The summed E-state index contributed by atoms with van der Waals surface area (Å²) >= 11 is 3.54. The standard InChI is InChI=1S/C13H16BrN3/c1-11-3-4-12(9-13(11)14)10-15-6-8-17-7-2-5-16-17/h2-5,7,9,15H,6,8,10H2,1H3. The zero-order valence-corrected chi connectivity index (χ0v) is 11.4. The topological polar surface area (TPSA) is 29.9 Å². The molecule has 0 amide bonds. The molecule has 0 saturated heterocycles. The Morgan fingerprint density at radius 3 is 3.00 bits per heavy atom. The van der Waals surface area contributed by atoms with Crippen LogP contribution in [0.5, 0.6) is 0 Å². The summed E-state index contributed by atoms with van der Waals surface area (Å²) in [5, 5.41) is 7.56. The zero-order chi connectivity index (χ0) is 12.1. The van der Waals surface area contributed by atoms with Gasteiger partial charge in [0.15, 0.2) is 0 Å². The fourth-order valence-corrected chi connectivity index (χ4v) is 2.03. The normalized spacial score (nSPS) is 10.7. The van der Waals surface area contributed by atoms with Crippen LogP contribution in [0.25, 0.3) is 0 Å². The Hall–Kier alpha value is -1.13. The third kappa shape index (κ3) is 3.68. The van der Waals surface area contributed by atoms with Crippen LogP contribution in [-0.4, -0.2) is 16.3 Å². The minimum absolute atomic E-state index is 0.889. The number of nitrogens with one attached hydrogen (secondary N) is 1. The van der Waals surface area contributed by atoms with E-state index in [-0.39, 0.29) is 0 Å². The maximum Gasteiger partial charge on any atom is 0.0534 e. The molecule has 0 aliphatic heterocycles. The SMILES string of the molecule is Cc1ccc(CNCCn2cccn2)cc1Br. The first-order chi connectivity index (χ1) is 8.25. The predicted octanol–water partition coefficient (Wildman–Crippen LogP) is 2.74. The molecule has 0 unspecified atom stereocenters. The van der Waals surface area contributed by atoms with Crippen molar-refractivity contribution in [1.82, 2.24) is 15.1 Å². The van der Waals surface area contributed by atoms with Crippen molar-refractivity contribution in [3.63, 3.8) is 0 Å². The molecule has 2 rings (SSSR count). The molecule has 90 valence electrons. The van der Waals surface area contributed by atoms with Gasteiger partial charge in [-0.3, -0.25) is 4.68 Å². The smallest absolute Gasteiger partial charge is 0.0534 e. The van der Waals surface area contributed by atoms with Gasteiger partial charge in [0.1, 0.15) is 0 Å². The average Bonchev–Trinajstić information content (AvgIpc) is 2.82. The van der Waals surface area contributed by atoms with E-state index in [0.717, 1.165) is 19.6 Å². The van der Waals surface area contributed by atoms with Gasteiger partial charge in [0.2, 0.25) is 0 Å². The van der Waals surface area contributed by atoms with E-state index in [1.165, 1.54) is 15.6 Å². The molecule has 1 aromatic heterocycles. The molecule has 0 radical (unpaired) electrons. The van der Waals surface area contributed by atoms with Gasteiger partial charge >= 0.3 is 0 Å². The lowest BCUT2D eigenvalue weighted by Gasteiger charge is -2.06. The van der Waals surface area contributed by atoms with E-state index in [9.17, 15) is 0 Å². The van der Waals surface area contributed by atoms with Crippen LogP contribution < -0.4 is 5.32 Å². The van der Waals surface area contributed by atoms with Gasteiger partial charge in [0.25, 0.3) is 0 Å². The second kappa shape index (κ2) is 5.98. The Bertz CT molecular complexity index is 466. The minimum atomic E-state index is 0.889. The summed E-state index contributed by atoms with van der Waals surface area (Å²) in [5.41, 5.74) is 2.56. The van der Waals surface area contributed by atoms with Crippen molar-refractivity contribution >= 4 is 15.9 Å². The van der Waals surface area contributed by atoms with Gasteiger partial charge in [-0.1, -0.05) is 28.1 Å². The van der Waals surface area contributed by atoms with Crippen LogP contribution in [0.3, 0.4) is 0 Å².